The number of ether oxygens (including phenoxy) is 1. The van der Waals surface area contributed by atoms with Crippen LogP contribution in [0.25, 0.3) is 0 Å². The van der Waals surface area contributed by atoms with Crippen molar-refractivity contribution in [3.8, 4) is 0 Å². The lowest BCUT2D eigenvalue weighted by molar-refractivity contribution is -0.137. The van der Waals surface area contributed by atoms with Gasteiger partial charge >= 0.3 is 12.3 Å². The fourth-order valence-corrected chi connectivity index (χ4v) is 3.99. The van der Waals surface area contributed by atoms with E-state index in [1.807, 2.05) is 20.8 Å². The van der Waals surface area contributed by atoms with E-state index in [1.165, 1.54) is 6.07 Å². The first-order valence-corrected chi connectivity index (χ1v) is 8.70. The van der Waals surface area contributed by atoms with Gasteiger partial charge in [0.25, 0.3) is 0 Å². The number of rotatable bonds is 2. The summed E-state index contributed by atoms with van der Waals surface area (Å²) in [7, 11) is 0. The second-order valence-corrected chi connectivity index (χ2v) is 8.62. The van der Waals surface area contributed by atoms with Crippen LogP contribution in [0, 0.1) is 17.2 Å². The molecule has 1 aromatic carbocycles. The third kappa shape index (κ3) is 3.96. The van der Waals surface area contributed by atoms with Gasteiger partial charge in [-0.2, -0.15) is 13.2 Å². The zero-order valence-corrected chi connectivity index (χ0v) is 15.1. The summed E-state index contributed by atoms with van der Waals surface area (Å²) in [6.07, 6.45) is -2.71. The number of halogens is 4. The van der Waals surface area contributed by atoms with E-state index in [1.54, 1.807) is 4.90 Å². The predicted octanol–water partition coefficient (Wildman–Crippen LogP) is 5.03. The Labute approximate surface area is 150 Å². The number of carbonyl (C=O) groups is 1. The maximum Gasteiger partial charge on any atom is 0.416 e. The lowest BCUT2D eigenvalue weighted by Crippen LogP contribution is -2.64. The van der Waals surface area contributed by atoms with Crippen LogP contribution in [0.1, 0.15) is 44.7 Å². The molecule has 3 rings (SSSR count). The van der Waals surface area contributed by atoms with Crippen molar-refractivity contribution in [1.29, 1.82) is 0 Å². The third-order valence-corrected chi connectivity index (χ3v) is 5.04. The predicted molar refractivity (Wildman–Crippen MR) is 88.1 cm³/mol. The average Bonchev–Trinajstić information content (AvgIpc) is 2.38. The Balaban J connectivity index is 1.49. The second kappa shape index (κ2) is 6.13. The van der Waals surface area contributed by atoms with Gasteiger partial charge in [-0.25, -0.2) is 9.18 Å². The molecule has 1 aliphatic carbocycles. The quantitative estimate of drug-likeness (QED) is 0.680. The zero-order valence-electron chi connectivity index (χ0n) is 15.1. The number of benzene rings is 1. The largest absolute Gasteiger partial charge is 0.444 e. The molecule has 2 aliphatic rings. The molecule has 144 valence electrons. The first kappa shape index (κ1) is 19.0. The minimum absolute atomic E-state index is 0.0734. The van der Waals surface area contributed by atoms with Crippen LogP contribution in [0.5, 0.6) is 0 Å². The van der Waals surface area contributed by atoms with E-state index in [2.05, 4.69) is 0 Å². The van der Waals surface area contributed by atoms with Crippen LogP contribution in [0.2, 0.25) is 0 Å². The van der Waals surface area contributed by atoms with Gasteiger partial charge in [0.1, 0.15) is 11.4 Å². The molecule has 1 spiro atoms. The molecule has 0 unspecified atom stereocenters. The first-order valence-electron chi connectivity index (χ1n) is 8.70. The number of carbonyl (C=O) groups excluding carboxylic acids is 1. The van der Waals surface area contributed by atoms with E-state index < -0.39 is 23.2 Å². The minimum Gasteiger partial charge on any atom is -0.444 e. The smallest absolute Gasteiger partial charge is 0.416 e. The Morgan fingerprint density at radius 2 is 1.85 bits per heavy atom. The Morgan fingerprint density at radius 1 is 1.23 bits per heavy atom. The van der Waals surface area contributed by atoms with Crippen LogP contribution in [0.4, 0.5) is 22.4 Å². The normalized spacial score (nSPS) is 19.9. The maximum atomic E-state index is 13.9. The summed E-state index contributed by atoms with van der Waals surface area (Å²) in [5.74, 6) is -0.563. The Morgan fingerprint density at radius 3 is 2.35 bits per heavy atom. The van der Waals surface area contributed by atoms with E-state index in [9.17, 15) is 22.4 Å². The Bertz CT molecular complexity index is 694. The molecular formula is C19H23F4NO2. The van der Waals surface area contributed by atoms with Crippen LogP contribution in [-0.4, -0.2) is 29.7 Å². The zero-order chi connectivity index (χ0) is 19.3. The van der Waals surface area contributed by atoms with Crippen molar-refractivity contribution < 1.29 is 27.1 Å². The summed E-state index contributed by atoms with van der Waals surface area (Å²) >= 11 is 0. The van der Waals surface area contributed by atoms with Crippen LogP contribution >= 0.6 is 0 Å². The summed E-state index contributed by atoms with van der Waals surface area (Å²) in [6, 6.07) is 2.73. The van der Waals surface area contributed by atoms with E-state index in [0.29, 0.717) is 31.1 Å². The van der Waals surface area contributed by atoms with Crippen LogP contribution < -0.4 is 0 Å². The van der Waals surface area contributed by atoms with Crippen molar-refractivity contribution in [3.63, 3.8) is 0 Å². The highest BCUT2D eigenvalue weighted by molar-refractivity contribution is 5.69. The lowest BCUT2D eigenvalue weighted by atomic mass is 9.56. The topological polar surface area (TPSA) is 29.5 Å². The number of hydrogen-bond donors (Lipinski definition) is 0. The molecule has 1 saturated carbocycles. The van der Waals surface area contributed by atoms with Crippen LogP contribution in [0.15, 0.2) is 18.2 Å². The third-order valence-electron chi connectivity index (χ3n) is 5.04. The highest BCUT2D eigenvalue weighted by atomic mass is 19.4. The standard InChI is InChI=1S/C19H23F4NO2/c1-17(2,3)26-16(25)24-10-18(11-24)8-12(9-18)6-13-4-5-14(7-15(13)20)19(21,22)23/h4-5,7,12H,6,8-11H2,1-3H3. The monoisotopic (exact) mass is 373 g/mol. The molecule has 7 heteroatoms. The number of likely N-dealkylation sites (tertiary alicyclic amines) is 1. The van der Waals surface area contributed by atoms with Crippen molar-refractivity contribution in [1.82, 2.24) is 4.90 Å². The second-order valence-electron chi connectivity index (χ2n) is 8.62. The van der Waals surface area contributed by atoms with Crippen molar-refractivity contribution in [2.24, 2.45) is 11.3 Å². The molecule has 1 heterocycles. The number of hydrogen-bond acceptors (Lipinski definition) is 2. The molecule has 0 N–H and O–H groups in total. The summed E-state index contributed by atoms with van der Waals surface area (Å²) < 4.78 is 57.0. The number of alkyl halides is 3. The van der Waals surface area contributed by atoms with Crippen molar-refractivity contribution in [2.45, 2.75) is 51.8 Å². The molecule has 1 saturated heterocycles. The van der Waals surface area contributed by atoms with Gasteiger partial charge in [-0.3, -0.25) is 0 Å². The first-order chi connectivity index (χ1) is 11.9. The Kier molecular flexibility index (Phi) is 4.48. The van der Waals surface area contributed by atoms with Gasteiger partial charge in [0.15, 0.2) is 0 Å². The van der Waals surface area contributed by atoms with Crippen molar-refractivity contribution in [2.75, 3.05) is 13.1 Å². The molecule has 0 aromatic heterocycles. The summed E-state index contributed by atoms with van der Waals surface area (Å²) in [5.41, 5.74) is -1.09. The Hall–Kier alpha value is -1.79. The van der Waals surface area contributed by atoms with E-state index in [0.717, 1.165) is 18.9 Å². The van der Waals surface area contributed by atoms with Crippen molar-refractivity contribution >= 4 is 6.09 Å². The molecule has 0 radical (unpaired) electrons. The maximum absolute atomic E-state index is 13.9. The SMILES string of the molecule is CC(C)(C)OC(=O)N1CC2(CC(Cc3ccc(C(F)(F)F)cc3F)C2)C1. The van der Waals surface area contributed by atoms with Gasteiger partial charge in [0.2, 0.25) is 0 Å². The van der Waals surface area contributed by atoms with Gasteiger partial charge in [0.05, 0.1) is 5.56 Å². The molecule has 0 bridgehead atoms. The molecule has 1 amide bonds. The molecule has 1 aromatic rings. The molecule has 2 fully saturated rings. The highest BCUT2D eigenvalue weighted by Gasteiger charge is 2.54. The fraction of sp³-hybridized carbons (Fsp3) is 0.632. The average molecular weight is 373 g/mol. The van der Waals surface area contributed by atoms with Gasteiger partial charge in [-0.1, -0.05) is 6.07 Å². The molecule has 1 aliphatic heterocycles. The lowest BCUT2D eigenvalue weighted by Gasteiger charge is -2.59. The molecular weight excluding hydrogens is 350 g/mol. The van der Waals surface area contributed by atoms with E-state index in [4.69, 9.17) is 4.74 Å². The van der Waals surface area contributed by atoms with E-state index >= 15 is 0 Å². The number of nitrogens with zero attached hydrogens (tertiary/aromatic N) is 1. The number of amides is 1. The van der Waals surface area contributed by atoms with Gasteiger partial charge in [-0.05, 0) is 63.6 Å². The molecule has 3 nitrogen and oxygen atoms in total. The van der Waals surface area contributed by atoms with Crippen LogP contribution in [-0.2, 0) is 17.3 Å². The fourth-order valence-electron chi connectivity index (χ4n) is 3.99. The van der Waals surface area contributed by atoms with E-state index in [-0.39, 0.29) is 17.4 Å². The van der Waals surface area contributed by atoms with Gasteiger partial charge < -0.3 is 9.64 Å². The minimum atomic E-state index is -4.53. The summed E-state index contributed by atoms with van der Waals surface area (Å²) in [5, 5.41) is 0. The van der Waals surface area contributed by atoms with Gasteiger partial charge in [-0.15, -0.1) is 0 Å². The highest BCUT2D eigenvalue weighted by Crippen LogP contribution is 2.53. The van der Waals surface area contributed by atoms with Gasteiger partial charge in [0, 0.05) is 18.5 Å². The van der Waals surface area contributed by atoms with Crippen LogP contribution in [0.3, 0.4) is 0 Å². The molecule has 0 atom stereocenters. The van der Waals surface area contributed by atoms with Crippen molar-refractivity contribution in [3.05, 3.63) is 35.1 Å². The molecule has 26 heavy (non-hydrogen) atoms. The summed E-state index contributed by atoms with van der Waals surface area (Å²) in [4.78, 5) is 13.6. The summed E-state index contributed by atoms with van der Waals surface area (Å²) in [6.45, 7) is 6.72.